The van der Waals surface area contributed by atoms with E-state index in [1.807, 2.05) is 0 Å². The van der Waals surface area contributed by atoms with Crippen LogP contribution in [0.5, 0.6) is 0 Å². The summed E-state index contributed by atoms with van der Waals surface area (Å²) in [4.78, 5) is 14.2. The fourth-order valence-electron chi connectivity index (χ4n) is 2.97. The summed E-state index contributed by atoms with van der Waals surface area (Å²) in [5, 5.41) is 18.3. The number of carbonyl (C=O) groups is 1. The molecule has 4 heteroatoms. The number of carbonyl (C=O) groups excluding carboxylic acids is 1. The van der Waals surface area contributed by atoms with Crippen LogP contribution in [-0.2, 0) is 4.79 Å². The van der Waals surface area contributed by atoms with Gasteiger partial charge in [0.2, 0.25) is 5.91 Å². The number of nitrogens with zero attached hydrogens (tertiary/aromatic N) is 2. The van der Waals surface area contributed by atoms with Crippen molar-refractivity contribution in [2.24, 2.45) is 11.3 Å². The van der Waals surface area contributed by atoms with E-state index in [1.54, 1.807) is 4.90 Å². The lowest BCUT2D eigenvalue weighted by Crippen LogP contribution is -2.55. The van der Waals surface area contributed by atoms with E-state index in [1.165, 1.54) is 0 Å². The van der Waals surface area contributed by atoms with Crippen molar-refractivity contribution >= 4 is 5.91 Å². The van der Waals surface area contributed by atoms with E-state index < -0.39 is 5.41 Å². The zero-order chi connectivity index (χ0) is 12.5. The molecule has 17 heavy (non-hydrogen) atoms. The molecule has 0 unspecified atom stereocenters. The first kappa shape index (κ1) is 12.4. The van der Waals surface area contributed by atoms with Crippen LogP contribution in [0.1, 0.15) is 39.0 Å². The van der Waals surface area contributed by atoms with Gasteiger partial charge in [0.1, 0.15) is 5.41 Å². The molecule has 0 spiro atoms. The van der Waals surface area contributed by atoms with Crippen molar-refractivity contribution in [2.45, 2.75) is 45.1 Å². The third-order valence-corrected chi connectivity index (χ3v) is 4.13. The molecule has 2 aliphatic rings. The number of rotatable bonds is 4. The molecule has 0 aromatic heterocycles. The Kier molecular flexibility index (Phi) is 3.39. The van der Waals surface area contributed by atoms with Crippen molar-refractivity contribution < 1.29 is 9.90 Å². The molecule has 0 saturated heterocycles. The first-order chi connectivity index (χ1) is 8.13. The lowest BCUT2D eigenvalue weighted by atomic mass is 9.62. The second kappa shape index (κ2) is 4.66. The van der Waals surface area contributed by atoms with Gasteiger partial charge in [-0.25, -0.2) is 0 Å². The largest absolute Gasteiger partial charge is 0.395 e. The number of nitriles is 1. The van der Waals surface area contributed by atoms with Crippen molar-refractivity contribution in [2.75, 3.05) is 13.2 Å². The van der Waals surface area contributed by atoms with Crippen LogP contribution in [0.3, 0.4) is 0 Å². The van der Waals surface area contributed by atoms with E-state index in [-0.39, 0.29) is 18.6 Å². The third kappa shape index (κ3) is 2.04. The van der Waals surface area contributed by atoms with Crippen LogP contribution in [0, 0.1) is 22.7 Å². The van der Waals surface area contributed by atoms with Gasteiger partial charge in [-0.2, -0.15) is 5.26 Å². The summed E-state index contributed by atoms with van der Waals surface area (Å²) < 4.78 is 0. The van der Waals surface area contributed by atoms with Gasteiger partial charge in [-0.05, 0) is 38.0 Å². The lowest BCUT2D eigenvalue weighted by molar-refractivity contribution is -0.150. The Morgan fingerprint density at radius 2 is 2.18 bits per heavy atom. The number of aliphatic hydroxyl groups excluding tert-OH is 1. The van der Waals surface area contributed by atoms with Crippen LogP contribution < -0.4 is 0 Å². The fraction of sp³-hybridized carbons (Fsp3) is 0.846. The maximum absolute atomic E-state index is 12.4. The van der Waals surface area contributed by atoms with Crippen molar-refractivity contribution in [3.8, 4) is 6.07 Å². The molecule has 2 saturated carbocycles. The lowest BCUT2D eigenvalue weighted by Gasteiger charge is -2.46. The third-order valence-electron chi connectivity index (χ3n) is 4.13. The van der Waals surface area contributed by atoms with Crippen molar-refractivity contribution in [1.82, 2.24) is 4.90 Å². The minimum Gasteiger partial charge on any atom is -0.395 e. The van der Waals surface area contributed by atoms with Gasteiger partial charge in [0.05, 0.1) is 12.7 Å². The minimum absolute atomic E-state index is 0.0146. The van der Waals surface area contributed by atoms with Crippen molar-refractivity contribution in [3.63, 3.8) is 0 Å². The van der Waals surface area contributed by atoms with E-state index >= 15 is 0 Å². The molecule has 0 bridgehead atoms. The van der Waals surface area contributed by atoms with Crippen LogP contribution >= 0.6 is 0 Å². The molecule has 1 N–H and O–H groups in total. The molecular formula is C13H20N2O2. The van der Waals surface area contributed by atoms with Gasteiger partial charge < -0.3 is 10.0 Å². The summed E-state index contributed by atoms with van der Waals surface area (Å²) in [6, 6.07) is 2.47. The van der Waals surface area contributed by atoms with E-state index in [4.69, 9.17) is 5.11 Å². The molecule has 1 amide bonds. The maximum Gasteiger partial charge on any atom is 0.243 e. The second-order valence-electron chi connectivity index (χ2n) is 5.51. The Balaban J connectivity index is 2.07. The molecular weight excluding hydrogens is 216 g/mol. The molecule has 4 nitrogen and oxygen atoms in total. The highest BCUT2D eigenvalue weighted by Crippen LogP contribution is 2.47. The predicted octanol–water partition coefficient (Wildman–Crippen LogP) is 1.30. The number of hydrogen-bond acceptors (Lipinski definition) is 3. The summed E-state index contributed by atoms with van der Waals surface area (Å²) in [7, 11) is 0. The number of aliphatic hydroxyl groups is 1. The standard InChI is InChI=1S/C13H20N2O2/c1-10-7-13(8-10,9-14)12(17)15(5-6-16)11-3-2-4-11/h10-11,16H,2-8H2,1H3. The molecule has 0 aromatic rings. The first-order valence-electron chi connectivity index (χ1n) is 6.46. The molecule has 0 aromatic carbocycles. The zero-order valence-electron chi connectivity index (χ0n) is 10.4. The van der Waals surface area contributed by atoms with Crippen molar-refractivity contribution in [1.29, 1.82) is 5.26 Å². The van der Waals surface area contributed by atoms with E-state index in [9.17, 15) is 10.1 Å². The number of amides is 1. The van der Waals surface area contributed by atoms with E-state index in [0.717, 1.165) is 19.3 Å². The van der Waals surface area contributed by atoms with Gasteiger partial charge >= 0.3 is 0 Å². The topological polar surface area (TPSA) is 64.3 Å². The Hall–Kier alpha value is -1.08. The van der Waals surface area contributed by atoms with Gasteiger partial charge in [0.15, 0.2) is 0 Å². The smallest absolute Gasteiger partial charge is 0.243 e. The van der Waals surface area contributed by atoms with Gasteiger partial charge in [0.25, 0.3) is 0 Å². The first-order valence-corrected chi connectivity index (χ1v) is 6.46. The average molecular weight is 236 g/mol. The molecule has 2 aliphatic carbocycles. The van der Waals surface area contributed by atoms with Gasteiger partial charge in [-0.1, -0.05) is 6.92 Å². The Morgan fingerprint density at radius 1 is 1.53 bits per heavy atom. The molecule has 0 radical (unpaired) electrons. The maximum atomic E-state index is 12.4. The Bertz CT molecular complexity index is 338. The summed E-state index contributed by atoms with van der Waals surface area (Å²) >= 11 is 0. The molecule has 0 atom stereocenters. The second-order valence-corrected chi connectivity index (χ2v) is 5.51. The van der Waals surface area contributed by atoms with Gasteiger partial charge in [-0.15, -0.1) is 0 Å². The van der Waals surface area contributed by atoms with Gasteiger partial charge in [-0.3, -0.25) is 4.79 Å². The van der Waals surface area contributed by atoms with Crippen LogP contribution in [0.4, 0.5) is 0 Å². The zero-order valence-corrected chi connectivity index (χ0v) is 10.4. The fourth-order valence-corrected chi connectivity index (χ4v) is 2.97. The predicted molar refractivity (Wildman–Crippen MR) is 62.9 cm³/mol. The summed E-state index contributed by atoms with van der Waals surface area (Å²) in [6.45, 7) is 2.43. The van der Waals surface area contributed by atoms with E-state index in [0.29, 0.717) is 25.3 Å². The van der Waals surface area contributed by atoms with Crippen LogP contribution in [0.25, 0.3) is 0 Å². The normalized spacial score (nSPS) is 32.2. The average Bonchev–Trinajstić information content (AvgIpc) is 2.20. The van der Waals surface area contributed by atoms with E-state index in [2.05, 4.69) is 13.0 Å². The quantitative estimate of drug-likeness (QED) is 0.800. The van der Waals surface area contributed by atoms with Crippen LogP contribution in [0.15, 0.2) is 0 Å². The highest BCUT2D eigenvalue weighted by Gasteiger charge is 2.51. The SMILES string of the molecule is CC1CC(C#N)(C(=O)N(CCO)C2CCC2)C1. The highest BCUT2D eigenvalue weighted by molar-refractivity contribution is 5.87. The Labute approximate surface area is 102 Å². The minimum atomic E-state index is -0.788. The summed E-state index contributed by atoms with van der Waals surface area (Å²) in [5.74, 6) is 0.424. The highest BCUT2D eigenvalue weighted by atomic mass is 16.3. The van der Waals surface area contributed by atoms with Crippen LogP contribution in [-0.4, -0.2) is 35.1 Å². The van der Waals surface area contributed by atoms with Crippen molar-refractivity contribution in [3.05, 3.63) is 0 Å². The summed E-state index contributed by atoms with van der Waals surface area (Å²) in [5.41, 5.74) is -0.788. The van der Waals surface area contributed by atoms with Crippen LogP contribution in [0.2, 0.25) is 0 Å². The molecule has 94 valence electrons. The molecule has 0 heterocycles. The molecule has 2 rings (SSSR count). The molecule has 2 fully saturated rings. The summed E-state index contributed by atoms with van der Waals surface area (Å²) in [6.07, 6.45) is 4.54. The number of hydrogen-bond donors (Lipinski definition) is 1. The molecule has 0 aliphatic heterocycles. The monoisotopic (exact) mass is 236 g/mol. The van der Waals surface area contributed by atoms with Gasteiger partial charge in [0, 0.05) is 12.6 Å². The Morgan fingerprint density at radius 3 is 2.53 bits per heavy atom.